The van der Waals surface area contributed by atoms with Crippen molar-refractivity contribution in [2.24, 2.45) is 5.92 Å². The maximum atomic E-state index is 13.1. The van der Waals surface area contributed by atoms with Crippen molar-refractivity contribution in [1.82, 2.24) is 15.8 Å². The van der Waals surface area contributed by atoms with Crippen molar-refractivity contribution in [2.45, 2.75) is 57.5 Å². The van der Waals surface area contributed by atoms with Crippen LogP contribution in [0.4, 0.5) is 10.5 Å². The van der Waals surface area contributed by atoms with Crippen molar-refractivity contribution < 1.29 is 23.6 Å². The van der Waals surface area contributed by atoms with E-state index >= 15 is 0 Å². The molecule has 0 bridgehead atoms. The average molecular weight is 672 g/mol. The number of benzene rings is 2. The molecule has 0 spiro atoms. The quantitative estimate of drug-likeness (QED) is 0.204. The lowest BCUT2D eigenvalue weighted by molar-refractivity contribution is -0.124. The number of alkyl halides is 2. The highest BCUT2D eigenvalue weighted by Gasteiger charge is 2.29. The number of alkyl carbamates (subject to hydrolysis) is 1. The fourth-order valence-electron chi connectivity index (χ4n) is 4.12. The second-order valence-electron chi connectivity index (χ2n) is 10.8. The lowest BCUT2D eigenvalue weighted by Gasteiger charge is -2.27. The first kappa shape index (κ1) is 34.5. The number of hydrogen-bond acceptors (Lipinski definition) is 6. The molecule has 9 nitrogen and oxygen atoms in total. The highest BCUT2D eigenvalue weighted by molar-refractivity contribution is 6.54. The zero-order valence-electron chi connectivity index (χ0n) is 24.4. The molecule has 0 aliphatic heterocycles. The Morgan fingerprint density at radius 3 is 2.30 bits per heavy atom. The fraction of sp³-hybridized carbons (Fsp3) is 0.400. The van der Waals surface area contributed by atoms with Crippen LogP contribution in [0.3, 0.4) is 0 Å². The van der Waals surface area contributed by atoms with E-state index in [9.17, 15) is 14.4 Å². The van der Waals surface area contributed by atoms with Crippen LogP contribution < -0.4 is 15.5 Å². The molecule has 2 aromatic carbocycles. The third-order valence-electron chi connectivity index (χ3n) is 6.43. The minimum Gasteiger partial charge on any atom is -0.444 e. The third-order valence-corrected chi connectivity index (χ3v) is 7.43. The van der Waals surface area contributed by atoms with E-state index in [0.29, 0.717) is 44.7 Å². The minimum absolute atomic E-state index is 0.0422. The van der Waals surface area contributed by atoms with E-state index in [2.05, 4.69) is 15.8 Å². The first-order chi connectivity index (χ1) is 20.2. The summed E-state index contributed by atoms with van der Waals surface area (Å²) in [5.74, 6) is -0.765. The second-order valence-corrected chi connectivity index (χ2v) is 12.7. The largest absolute Gasteiger partial charge is 0.444 e. The molecule has 1 heterocycles. The maximum absolute atomic E-state index is 13.1. The third kappa shape index (κ3) is 9.50. The predicted molar refractivity (Wildman–Crippen MR) is 171 cm³/mol. The Hall–Kier alpha value is -2.98. The molecule has 2 N–H and O–H groups in total. The molecule has 0 aliphatic carbocycles. The molecule has 3 rings (SSSR count). The molecule has 0 saturated heterocycles. The van der Waals surface area contributed by atoms with Crippen molar-refractivity contribution in [3.63, 3.8) is 0 Å². The van der Waals surface area contributed by atoms with E-state index in [-0.39, 0.29) is 19.0 Å². The molecular formula is C30H34Cl4N4O5. The number of aromatic nitrogens is 1. The van der Waals surface area contributed by atoms with Crippen LogP contribution in [0.5, 0.6) is 0 Å². The number of anilines is 1. The van der Waals surface area contributed by atoms with Crippen LogP contribution in [-0.2, 0) is 14.3 Å². The Kier molecular flexibility index (Phi) is 12.2. The summed E-state index contributed by atoms with van der Waals surface area (Å²) in [6.07, 6.45) is -0.0570. The van der Waals surface area contributed by atoms with Gasteiger partial charge in [0.25, 0.3) is 5.91 Å². The number of ether oxygens (including phenoxy) is 1. The van der Waals surface area contributed by atoms with Crippen molar-refractivity contribution in [3.05, 3.63) is 58.6 Å². The number of amides is 3. The highest BCUT2D eigenvalue weighted by atomic mass is 35.5. The van der Waals surface area contributed by atoms with Crippen molar-refractivity contribution in [1.29, 1.82) is 0 Å². The van der Waals surface area contributed by atoms with Gasteiger partial charge in [-0.25, -0.2) is 4.79 Å². The molecule has 2 unspecified atom stereocenters. The zero-order valence-corrected chi connectivity index (χ0v) is 27.4. The van der Waals surface area contributed by atoms with Gasteiger partial charge in [0, 0.05) is 36.0 Å². The molecule has 13 heteroatoms. The van der Waals surface area contributed by atoms with Crippen molar-refractivity contribution >= 4 is 70.0 Å². The number of carbonyl (C=O) groups is 3. The molecule has 3 aromatic rings. The van der Waals surface area contributed by atoms with Gasteiger partial charge in [-0.15, -0.1) is 0 Å². The number of nitrogens with one attached hydrogen (secondary N) is 2. The first-order valence-electron chi connectivity index (χ1n) is 13.6. The van der Waals surface area contributed by atoms with Gasteiger partial charge in [0.2, 0.25) is 5.91 Å². The normalized spacial score (nSPS) is 12.9. The Bertz CT molecular complexity index is 1420. The number of halogens is 4. The Morgan fingerprint density at radius 1 is 1.05 bits per heavy atom. The van der Waals surface area contributed by atoms with Crippen molar-refractivity contribution in [3.8, 4) is 22.6 Å². The summed E-state index contributed by atoms with van der Waals surface area (Å²) in [5, 5.41) is 10.4. The van der Waals surface area contributed by atoms with Gasteiger partial charge in [-0.3, -0.25) is 9.59 Å². The SMILES string of the molecule is CCC(C)C(NC(=O)OC(C)(C)C)C(=O)NCCN(C(=O)C(Cl)Cl)c1cccc(-c2cc(-c3c(Cl)cccc3Cl)no2)c1. The Morgan fingerprint density at radius 2 is 1.70 bits per heavy atom. The molecule has 1 aromatic heterocycles. The summed E-state index contributed by atoms with van der Waals surface area (Å²) < 4.78 is 10.9. The lowest BCUT2D eigenvalue weighted by atomic mass is 9.98. The molecular weight excluding hydrogens is 638 g/mol. The van der Waals surface area contributed by atoms with Gasteiger partial charge in [-0.05, 0) is 51.0 Å². The van der Waals surface area contributed by atoms with Gasteiger partial charge >= 0.3 is 6.09 Å². The van der Waals surface area contributed by atoms with Gasteiger partial charge < -0.3 is 24.8 Å². The number of carbonyl (C=O) groups excluding carboxylic acids is 3. The number of rotatable bonds is 11. The van der Waals surface area contributed by atoms with Gasteiger partial charge in [-0.2, -0.15) is 0 Å². The smallest absolute Gasteiger partial charge is 0.408 e. The summed E-state index contributed by atoms with van der Waals surface area (Å²) in [6.45, 7) is 9.07. The monoisotopic (exact) mass is 670 g/mol. The van der Waals surface area contributed by atoms with E-state index < -0.39 is 34.4 Å². The van der Waals surface area contributed by atoms with Gasteiger partial charge in [-0.1, -0.05) is 90.0 Å². The van der Waals surface area contributed by atoms with Crippen molar-refractivity contribution in [2.75, 3.05) is 18.0 Å². The summed E-state index contributed by atoms with van der Waals surface area (Å²) in [7, 11) is 0. The average Bonchev–Trinajstić information content (AvgIpc) is 3.42. The van der Waals surface area contributed by atoms with E-state index in [1.54, 1.807) is 69.3 Å². The molecule has 0 radical (unpaired) electrons. The topological polar surface area (TPSA) is 114 Å². The molecule has 0 aliphatic rings. The summed E-state index contributed by atoms with van der Waals surface area (Å²) in [4.78, 5) is 38.5. The summed E-state index contributed by atoms with van der Waals surface area (Å²) in [6, 6.07) is 12.9. The second kappa shape index (κ2) is 15.1. The van der Waals surface area contributed by atoms with Crippen LogP contribution >= 0.6 is 46.4 Å². The van der Waals surface area contributed by atoms with E-state index in [4.69, 9.17) is 55.7 Å². The van der Waals surface area contributed by atoms with Crippen LogP contribution in [0.25, 0.3) is 22.6 Å². The zero-order chi connectivity index (χ0) is 31.9. The van der Waals surface area contributed by atoms with Crippen LogP contribution in [-0.4, -0.2) is 52.6 Å². The number of hydrogen-bond donors (Lipinski definition) is 2. The van der Waals surface area contributed by atoms with Crippen LogP contribution in [0.15, 0.2) is 53.1 Å². The highest BCUT2D eigenvalue weighted by Crippen LogP contribution is 2.36. The van der Waals surface area contributed by atoms with Crippen LogP contribution in [0.1, 0.15) is 41.0 Å². The van der Waals surface area contributed by atoms with E-state index in [0.717, 1.165) is 0 Å². The molecule has 43 heavy (non-hydrogen) atoms. The maximum Gasteiger partial charge on any atom is 0.408 e. The molecule has 232 valence electrons. The standard InChI is InChI=1S/C30H34Cl4N4O5/c1-6-17(2)25(36-29(41)42-30(3,4)5)27(39)35-13-14-38(28(40)26(33)34)19-10-7-9-18(15-19)23-16-22(37-43-23)24-20(31)11-8-12-21(24)32/h7-12,15-17,25-26H,6,13-14H2,1-5H3,(H,35,39)(H,36,41). The summed E-state index contributed by atoms with van der Waals surface area (Å²) >= 11 is 24.6. The van der Waals surface area contributed by atoms with E-state index in [1.807, 2.05) is 13.8 Å². The lowest BCUT2D eigenvalue weighted by Crippen LogP contribution is -2.52. The van der Waals surface area contributed by atoms with Crippen LogP contribution in [0.2, 0.25) is 10.0 Å². The van der Waals surface area contributed by atoms with Gasteiger partial charge in [0.1, 0.15) is 17.3 Å². The predicted octanol–water partition coefficient (Wildman–Crippen LogP) is 7.51. The minimum atomic E-state index is -1.35. The van der Waals surface area contributed by atoms with E-state index in [1.165, 1.54) is 4.90 Å². The first-order valence-corrected chi connectivity index (χ1v) is 15.2. The molecule has 2 atom stereocenters. The van der Waals surface area contributed by atoms with Gasteiger partial charge in [0.15, 0.2) is 10.6 Å². The van der Waals surface area contributed by atoms with Crippen LogP contribution in [0, 0.1) is 5.92 Å². The Labute approximate surface area is 271 Å². The molecule has 3 amide bonds. The number of nitrogens with zero attached hydrogens (tertiary/aromatic N) is 2. The Balaban J connectivity index is 1.78. The fourth-order valence-corrected chi connectivity index (χ4v) is 4.95. The summed E-state index contributed by atoms with van der Waals surface area (Å²) in [5.41, 5.74) is 1.34. The molecule has 0 saturated carbocycles. The van der Waals surface area contributed by atoms with Gasteiger partial charge in [0.05, 0.1) is 10.0 Å². The molecule has 0 fully saturated rings.